The van der Waals surface area contributed by atoms with Crippen molar-refractivity contribution in [1.82, 2.24) is 9.36 Å². The first-order valence-electron chi connectivity index (χ1n) is 13.4. The highest BCUT2D eigenvalue weighted by Gasteiger charge is 2.36. The summed E-state index contributed by atoms with van der Waals surface area (Å²) in [6, 6.07) is 41.3. The maximum atomic E-state index is 5.01. The van der Waals surface area contributed by atoms with Gasteiger partial charge in [0.15, 0.2) is 5.82 Å². The summed E-state index contributed by atoms with van der Waals surface area (Å²) in [7, 11) is 0. The Kier molecular flexibility index (Phi) is 5.21. The number of anilines is 3. The molecule has 0 fully saturated rings. The standard InChI is InChI=1S/C35H25N3S2/c1-35(2)27-13-4-6-15-29(27)38(30-16-7-5-14-28(30)35)24-11-9-10-22(20-24)33-36-34(40-37-33)23-18-19-32-26(21-23)25-12-3-8-17-31(25)39-32/h3-21H,1-2H3. The van der Waals surface area contributed by atoms with Crippen molar-refractivity contribution in [3.63, 3.8) is 0 Å². The van der Waals surface area contributed by atoms with Crippen LogP contribution in [-0.4, -0.2) is 9.36 Å². The Labute approximate surface area is 241 Å². The molecule has 3 heterocycles. The first kappa shape index (κ1) is 23.6. The van der Waals surface area contributed by atoms with E-state index in [0.717, 1.165) is 27.6 Å². The average Bonchev–Trinajstić information content (AvgIpc) is 3.63. The van der Waals surface area contributed by atoms with E-state index in [0.29, 0.717) is 0 Å². The van der Waals surface area contributed by atoms with E-state index in [1.165, 1.54) is 54.2 Å². The fourth-order valence-corrected chi connectivity index (χ4v) is 7.81. The third kappa shape index (κ3) is 3.55. The van der Waals surface area contributed by atoms with Gasteiger partial charge in [0.2, 0.25) is 0 Å². The van der Waals surface area contributed by atoms with Crippen molar-refractivity contribution in [1.29, 1.82) is 0 Å². The van der Waals surface area contributed by atoms with E-state index >= 15 is 0 Å². The van der Waals surface area contributed by atoms with Gasteiger partial charge in [-0.1, -0.05) is 86.6 Å². The molecule has 40 heavy (non-hydrogen) atoms. The molecule has 0 spiro atoms. The molecule has 1 aliphatic heterocycles. The van der Waals surface area contributed by atoms with Gasteiger partial charge in [0.05, 0.1) is 11.4 Å². The number of rotatable bonds is 3. The summed E-state index contributed by atoms with van der Waals surface area (Å²) in [4.78, 5) is 7.39. The molecule has 0 unspecified atom stereocenters. The molecule has 0 radical (unpaired) electrons. The van der Waals surface area contributed by atoms with Gasteiger partial charge in [0, 0.05) is 42.4 Å². The maximum absolute atomic E-state index is 5.01. The van der Waals surface area contributed by atoms with Crippen LogP contribution in [-0.2, 0) is 5.41 Å². The molecule has 5 aromatic carbocycles. The van der Waals surface area contributed by atoms with Crippen LogP contribution in [0.5, 0.6) is 0 Å². The molecule has 5 heteroatoms. The zero-order chi connectivity index (χ0) is 26.8. The molecule has 3 nitrogen and oxygen atoms in total. The van der Waals surface area contributed by atoms with Crippen LogP contribution in [0.2, 0.25) is 0 Å². The largest absolute Gasteiger partial charge is 0.310 e. The van der Waals surface area contributed by atoms with Crippen molar-refractivity contribution in [2.75, 3.05) is 4.90 Å². The first-order valence-corrected chi connectivity index (χ1v) is 15.0. The van der Waals surface area contributed by atoms with Crippen LogP contribution in [0, 0.1) is 0 Å². The molecule has 0 amide bonds. The SMILES string of the molecule is CC1(C)c2ccccc2N(c2cccc(-c3nsc(-c4ccc5sc6ccccc6c5c4)n3)c2)c2ccccc21. The number of hydrogen-bond acceptors (Lipinski definition) is 5. The Morgan fingerprint density at radius 1 is 0.625 bits per heavy atom. The minimum absolute atomic E-state index is 0.0818. The van der Waals surface area contributed by atoms with Crippen molar-refractivity contribution in [2.24, 2.45) is 0 Å². The lowest BCUT2D eigenvalue weighted by Gasteiger charge is -2.42. The van der Waals surface area contributed by atoms with E-state index in [4.69, 9.17) is 9.36 Å². The monoisotopic (exact) mass is 551 g/mol. The molecule has 2 aromatic heterocycles. The number of para-hydroxylation sites is 2. The van der Waals surface area contributed by atoms with Crippen LogP contribution in [0.15, 0.2) is 115 Å². The molecular formula is C35H25N3S2. The number of hydrogen-bond donors (Lipinski definition) is 0. The van der Waals surface area contributed by atoms with Crippen molar-refractivity contribution < 1.29 is 0 Å². The van der Waals surface area contributed by atoms with Gasteiger partial charge in [-0.05, 0) is 65.1 Å². The number of nitrogens with zero attached hydrogens (tertiary/aromatic N) is 3. The van der Waals surface area contributed by atoms with Gasteiger partial charge in [0.1, 0.15) is 5.01 Å². The van der Waals surface area contributed by atoms with E-state index in [1.807, 2.05) is 11.3 Å². The smallest absolute Gasteiger partial charge is 0.173 e. The normalized spacial score (nSPS) is 13.9. The Morgan fingerprint density at radius 3 is 2.12 bits per heavy atom. The minimum atomic E-state index is -0.0818. The van der Waals surface area contributed by atoms with E-state index in [-0.39, 0.29) is 5.41 Å². The van der Waals surface area contributed by atoms with E-state index < -0.39 is 0 Å². The third-order valence-corrected chi connectivity index (χ3v) is 9.96. The van der Waals surface area contributed by atoms with Gasteiger partial charge in [-0.2, -0.15) is 4.37 Å². The van der Waals surface area contributed by atoms with Gasteiger partial charge < -0.3 is 4.90 Å². The predicted octanol–water partition coefficient (Wildman–Crippen LogP) is 10.3. The van der Waals surface area contributed by atoms with Crippen LogP contribution in [0.25, 0.3) is 42.1 Å². The second kappa shape index (κ2) is 8.85. The molecule has 0 aliphatic carbocycles. The van der Waals surface area contributed by atoms with Crippen molar-refractivity contribution in [3.8, 4) is 22.0 Å². The Bertz CT molecular complexity index is 2020. The molecule has 1 aliphatic rings. The van der Waals surface area contributed by atoms with Gasteiger partial charge in [-0.25, -0.2) is 4.98 Å². The van der Waals surface area contributed by atoms with Crippen LogP contribution in [0.3, 0.4) is 0 Å². The third-order valence-electron chi connectivity index (χ3n) is 8.05. The second-order valence-corrected chi connectivity index (χ2v) is 12.6. The van der Waals surface area contributed by atoms with Crippen molar-refractivity contribution in [2.45, 2.75) is 19.3 Å². The molecule has 0 saturated carbocycles. The summed E-state index contributed by atoms with van der Waals surface area (Å²) >= 11 is 3.30. The quantitative estimate of drug-likeness (QED) is 0.219. The summed E-state index contributed by atoms with van der Waals surface area (Å²) in [5, 5.41) is 3.52. The van der Waals surface area contributed by atoms with Crippen LogP contribution in [0.1, 0.15) is 25.0 Å². The number of benzene rings is 5. The fourth-order valence-electron chi connectivity index (χ4n) is 6.05. The van der Waals surface area contributed by atoms with Gasteiger partial charge in [-0.3, -0.25) is 0 Å². The highest BCUT2D eigenvalue weighted by molar-refractivity contribution is 7.25. The summed E-state index contributed by atoms with van der Waals surface area (Å²) in [6.45, 7) is 4.63. The van der Waals surface area contributed by atoms with Crippen molar-refractivity contribution >= 4 is 60.1 Å². The Morgan fingerprint density at radius 2 is 1.32 bits per heavy atom. The summed E-state index contributed by atoms with van der Waals surface area (Å²) in [6.07, 6.45) is 0. The van der Waals surface area contributed by atoms with Crippen LogP contribution >= 0.6 is 22.9 Å². The predicted molar refractivity (Wildman–Crippen MR) is 170 cm³/mol. The second-order valence-electron chi connectivity index (χ2n) is 10.8. The van der Waals surface area contributed by atoms with E-state index in [9.17, 15) is 0 Å². The summed E-state index contributed by atoms with van der Waals surface area (Å²) in [5.74, 6) is 0.760. The average molecular weight is 552 g/mol. The summed E-state index contributed by atoms with van der Waals surface area (Å²) in [5.41, 5.74) is 8.23. The van der Waals surface area contributed by atoms with E-state index in [2.05, 4.69) is 134 Å². The first-order chi connectivity index (χ1) is 19.6. The zero-order valence-electron chi connectivity index (χ0n) is 22.1. The lowest BCUT2D eigenvalue weighted by atomic mass is 9.73. The molecule has 0 N–H and O–H groups in total. The topological polar surface area (TPSA) is 29.0 Å². The van der Waals surface area contributed by atoms with Crippen LogP contribution < -0.4 is 4.90 Å². The van der Waals surface area contributed by atoms with Gasteiger partial charge in [-0.15, -0.1) is 11.3 Å². The maximum Gasteiger partial charge on any atom is 0.173 e. The molecule has 0 atom stereocenters. The minimum Gasteiger partial charge on any atom is -0.310 e. The molecular weight excluding hydrogens is 527 g/mol. The lowest BCUT2D eigenvalue weighted by molar-refractivity contribution is 0.632. The fraction of sp³-hybridized carbons (Fsp3) is 0.0857. The van der Waals surface area contributed by atoms with Crippen molar-refractivity contribution in [3.05, 3.63) is 126 Å². The number of fused-ring (bicyclic) bond motifs is 5. The molecule has 8 rings (SSSR count). The Hall–Kier alpha value is -4.32. The highest BCUT2D eigenvalue weighted by atomic mass is 32.1. The molecule has 7 aromatic rings. The number of aromatic nitrogens is 2. The van der Waals surface area contributed by atoms with Crippen LogP contribution in [0.4, 0.5) is 17.1 Å². The summed E-state index contributed by atoms with van der Waals surface area (Å²) < 4.78 is 7.42. The molecule has 0 bridgehead atoms. The highest BCUT2D eigenvalue weighted by Crippen LogP contribution is 2.51. The van der Waals surface area contributed by atoms with E-state index in [1.54, 1.807) is 0 Å². The number of thiophene rings is 1. The molecule has 0 saturated heterocycles. The van der Waals surface area contributed by atoms with Gasteiger partial charge >= 0.3 is 0 Å². The van der Waals surface area contributed by atoms with Gasteiger partial charge in [0.25, 0.3) is 0 Å². The zero-order valence-corrected chi connectivity index (χ0v) is 23.8. The Balaban J connectivity index is 1.21. The lowest BCUT2D eigenvalue weighted by Crippen LogP contribution is -2.30. The molecule has 192 valence electrons.